The van der Waals surface area contributed by atoms with Crippen molar-refractivity contribution in [2.45, 2.75) is 93.8 Å². The highest BCUT2D eigenvalue weighted by atomic mass is 32.2. The first-order valence-electron chi connectivity index (χ1n) is 25.0. The first kappa shape index (κ1) is 49.9. The summed E-state index contributed by atoms with van der Waals surface area (Å²) < 4.78 is 69.5. The summed E-state index contributed by atoms with van der Waals surface area (Å²) in [6.07, 6.45) is 10.4. The highest BCUT2D eigenvalue weighted by Gasteiger charge is 2.50. The number of H-pyrrole nitrogens is 2. The molecule has 3 aliphatic heterocycles. The lowest BCUT2D eigenvalue weighted by Gasteiger charge is -2.56. The van der Waals surface area contributed by atoms with Gasteiger partial charge in [-0.3, -0.25) is 24.6 Å². The number of nitro groups is 1. The number of anilines is 2. The molecular weight excluding hydrogens is 961 g/mol. The second-order valence-electron chi connectivity index (χ2n) is 20.9. The van der Waals surface area contributed by atoms with Gasteiger partial charge in [-0.15, -0.1) is 0 Å². The van der Waals surface area contributed by atoms with Crippen LogP contribution < -0.4 is 19.7 Å². The Bertz CT molecular complexity index is 3190. The van der Waals surface area contributed by atoms with E-state index < -0.39 is 48.5 Å². The van der Waals surface area contributed by atoms with Gasteiger partial charge >= 0.3 is 0 Å². The molecule has 3 saturated heterocycles. The maximum Gasteiger partial charge on any atom is 0.296 e. The normalized spacial score (nSPS) is 19.3. The smallest absolute Gasteiger partial charge is 0.296 e. The van der Waals surface area contributed by atoms with Gasteiger partial charge < -0.3 is 34.7 Å². The third-order valence-electron chi connectivity index (χ3n) is 15.5. The molecular formula is C52H61F2N11O7S. The lowest BCUT2D eigenvalue weighted by Crippen LogP contribution is -2.55. The van der Waals surface area contributed by atoms with Gasteiger partial charge in [0.15, 0.2) is 0 Å². The predicted molar refractivity (Wildman–Crippen MR) is 273 cm³/mol. The van der Waals surface area contributed by atoms with Crippen LogP contribution >= 0.6 is 0 Å². The van der Waals surface area contributed by atoms with Gasteiger partial charge in [0.2, 0.25) is 5.91 Å². The van der Waals surface area contributed by atoms with E-state index in [1.807, 2.05) is 9.62 Å². The molecule has 21 heteroatoms. The molecule has 1 aliphatic carbocycles. The van der Waals surface area contributed by atoms with E-state index >= 15 is 8.78 Å². The molecule has 10 rings (SSSR count). The highest BCUT2D eigenvalue weighted by molar-refractivity contribution is 7.90. The molecule has 0 unspecified atom stereocenters. The first-order valence-corrected chi connectivity index (χ1v) is 26.5. The summed E-state index contributed by atoms with van der Waals surface area (Å²) in [7, 11) is -1.46. The van der Waals surface area contributed by atoms with E-state index in [1.54, 1.807) is 42.2 Å². The number of aromatic amines is 2. The predicted octanol–water partition coefficient (Wildman–Crippen LogP) is 8.41. The number of hydrogen-bond donors (Lipinski definition) is 4. The molecule has 1 atom stereocenters. The van der Waals surface area contributed by atoms with Crippen LogP contribution in [-0.2, 0) is 14.8 Å². The summed E-state index contributed by atoms with van der Waals surface area (Å²) >= 11 is 0. The summed E-state index contributed by atoms with van der Waals surface area (Å²) in [5.41, 5.74) is 0.115. The van der Waals surface area contributed by atoms with Gasteiger partial charge in [0.1, 0.15) is 44.7 Å². The Balaban J connectivity index is 0.872. The number of carbonyl (C=O) groups is 2. The van der Waals surface area contributed by atoms with E-state index in [2.05, 4.69) is 68.3 Å². The van der Waals surface area contributed by atoms with Gasteiger partial charge in [-0.1, -0.05) is 38.1 Å². The van der Waals surface area contributed by atoms with Gasteiger partial charge in [0, 0.05) is 81.4 Å². The van der Waals surface area contributed by atoms with Gasteiger partial charge in [-0.25, -0.2) is 31.9 Å². The number of nitrogens with zero attached hydrogens (tertiary/aromatic N) is 7. The molecule has 2 amide bonds. The minimum atomic E-state index is -4.99. The second-order valence-corrected chi connectivity index (χ2v) is 22.6. The van der Waals surface area contributed by atoms with E-state index in [0.717, 1.165) is 57.1 Å². The number of carbonyl (C=O) groups excluding carboxylic acids is 2. The molecule has 1 saturated carbocycles. The maximum atomic E-state index is 16.6. The molecule has 18 nitrogen and oxygen atoms in total. The number of ether oxygens (including phenoxy) is 1. The van der Waals surface area contributed by atoms with Crippen LogP contribution in [-0.4, -0.2) is 131 Å². The standard InChI is InChI=1S/C52H61F2N11O7S/c1-32(2)36-8-5-6-9-37(36)40-10-7-17-64(40)34-26-51(27-34)12-18-62(19-13-51)41-24-43(72-35-22-33-11-16-55-49(33)56-28-35)38(23-39(41)53)50(67)60-73(70,71)44-25-42(65(68)69)46(48-47(44)58-31-59-48)57-30-52(54)14-20-63(21-15-52)45(66)29-61(3)4/h5-6,8-9,11,16,22-25,28,31-32,34,40,57H,7,10,12-15,17-21,26-27,29-30H2,1-4H3,(H,55,56)(H,58,59)(H,60,67)/t40-/m0/s1. The average Bonchev–Trinajstić information content (AvgIpc) is 4.15. The minimum absolute atomic E-state index is 0.0319. The number of imidazole rings is 1. The molecule has 1 spiro atoms. The Morgan fingerprint density at radius 2 is 1.75 bits per heavy atom. The third kappa shape index (κ3) is 9.93. The number of benzene rings is 3. The molecule has 6 heterocycles. The Morgan fingerprint density at radius 1 is 1.00 bits per heavy atom. The van der Waals surface area contributed by atoms with Gasteiger partial charge in [-0.2, -0.15) is 0 Å². The minimum Gasteiger partial charge on any atom is -0.455 e. The number of halogens is 2. The van der Waals surface area contributed by atoms with Crippen LogP contribution in [0, 0.1) is 21.3 Å². The summed E-state index contributed by atoms with van der Waals surface area (Å²) in [5.74, 6) is -1.68. The van der Waals surface area contributed by atoms with Crippen LogP contribution in [0.2, 0.25) is 0 Å². The molecule has 4 N–H and O–H groups in total. The first-order chi connectivity index (χ1) is 34.9. The van der Waals surface area contributed by atoms with Crippen molar-refractivity contribution in [3.05, 3.63) is 106 Å². The molecule has 4 aliphatic rings. The monoisotopic (exact) mass is 1020 g/mol. The zero-order valence-electron chi connectivity index (χ0n) is 41.4. The number of amides is 2. The molecule has 0 bridgehead atoms. The van der Waals surface area contributed by atoms with E-state index in [1.165, 1.54) is 29.8 Å². The number of likely N-dealkylation sites (N-methyl/N-ethyl adjacent to an activating group) is 1. The Kier molecular flexibility index (Phi) is 13.4. The van der Waals surface area contributed by atoms with Crippen molar-refractivity contribution >= 4 is 61.0 Å². The maximum absolute atomic E-state index is 16.6. The fourth-order valence-electron chi connectivity index (χ4n) is 11.6. The van der Waals surface area contributed by atoms with Gasteiger partial charge in [-0.05, 0) is 99.8 Å². The number of aromatic nitrogens is 4. The zero-order valence-corrected chi connectivity index (χ0v) is 42.2. The molecule has 3 aromatic carbocycles. The van der Waals surface area contributed by atoms with E-state index in [9.17, 15) is 28.1 Å². The fourth-order valence-corrected chi connectivity index (χ4v) is 12.8. The summed E-state index contributed by atoms with van der Waals surface area (Å²) in [6, 6.07) is 16.3. The average molecular weight is 1020 g/mol. The Labute approximate surface area is 422 Å². The number of alkyl halides is 1. The molecule has 4 fully saturated rings. The molecule has 6 aromatic rings. The number of sulfonamides is 1. The largest absolute Gasteiger partial charge is 0.455 e. The van der Waals surface area contributed by atoms with Crippen molar-refractivity contribution in [3.63, 3.8) is 0 Å². The number of pyridine rings is 1. The fraction of sp³-hybridized carbons (Fsp3) is 0.462. The van der Waals surface area contributed by atoms with Crippen LogP contribution in [0.5, 0.6) is 11.5 Å². The number of piperidine rings is 2. The van der Waals surface area contributed by atoms with Crippen LogP contribution in [0.1, 0.15) is 98.7 Å². The van der Waals surface area contributed by atoms with Gasteiger partial charge in [0.25, 0.3) is 21.6 Å². The highest BCUT2D eigenvalue weighted by Crippen LogP contribution is 2.54. The number of likely N-dealkylation sites (tertiary alicyclic amines) is 2. The van der Waals surface area contributed by atoms with E-state index in [4.69, 9.17) is 4.74 Å². The Hall–Kier alpha value is -6.71. The summed E-state index contributed by atoms with van der Waals surface area (Å²) in [4.78, 5) is 60.1. The lowest BCUT2D eigenvalue weighted by atomic mass is 9.59. The summed E-state index contributed by atoms with van der Waals surface area (Å²) in [6.45, 7) is 6.79. The third-order valence-corrected chi connectivity index (χ3v) is 16.9. The van der Waals surface area contributed by atoms with Crippen molar-refractivity contribution < 1.29 is 36.4 Å². The number of nitro benzene ring substituents is 1. The topological polar surface area (TPSA) is 215 Å². The number of fused-ring (bicyclic) bond motifs is 2. The Morgan fingerprint density at radius 3 is 2.48 bits per heavy atom. The van der Waals surface area contributed by atoms with Crippen molar-refractivity contribution in [1.82, 2.24) is 39.4 Å². The van der Waals surface area contributed by atoms with Crippen molar-refractivity contribution in [3.8, 4) is 11.5 Å². The van der Waals surface area contributed by atoms with E-state index in [-0.39, 0.29) is 84.3 Å². The van der Waals surface area contributed by atoms with Crippen LogP contribution in [0.15, 0.2) is 78.2 Å². The van der Waals surface area contributed by atoms with Crippen molar-refractivity contribution in [1.29, 1.82) is 0 Å². The van der Waals surface area contributed by atoms with Crippen molar-refractivity contribution in [2.75, 3.05) is 70.1 Å². The lowest BCUT2D eigenvalue weighted by molar-refractivity contribution is -0.384. The number of rotatable bonds is 15. The van der Waals surface area contributed by atoms with Gasteiger partial charge in [0.05, 0.1) is 40.8 Å². The van der Waals surface area contributed by atoms with Crippen molar-refractivity contribution in [2.24, 2.45) is 5.41 Å². The van der Waals surface area contributed by atoms with Crippen LogP contribution in [0.3, 0.4) is 0 Å². The zero-order chi connectivity index (χ0) is 51.4. The summed E-state index contributed by atoms with van der Waals surface area (Å²) in [5, 5.41) is 16.1. The molecule has 0 radical (unpaired) electrons. The number of hydrogen-bond acceptors (Lipinski definition) is 13. The quantitative estimate of drug-likeness (QED) is 0.0562. The molecule has 386 valence electrons. The van der Waals surface area contributed by atoms with Crippen LogP contribution in [0.4, 0.5) is 25.8 Å². The second kappa shape index (κ2) is 19.6. The van der Waals surface area contributed by atoms with E-state index in [0.29, 0.717) is 42.1 Å². The van der Waals surface area contributed by atoms with Crippen LogP contribution in [0.25, 0.3) is 22.1 Å². The number of nitrogens with one attached hydrogen (secondary N) is 4. The molecule has 3 aromatic heterocycles. The molecule has 73 heavy (non-hydrogen) atoms. The SMILES string of the molecule is CC(C)c1ccccc1[C@@H]1CCCN1C1CC2(CCN(c3cc(Oc4cnc5[nH]ccc5c4)c(C(=O)NS(=O)(=O)c4cc([N+](=O)[O-])c(NCC5(F)CCN(C(=O)CN(C)C)CC5)c5[nH]cnc45)cc3F)CC2)C1.